The van der Waals surface area contributed by atoms with E-state index >= 15 is 0 Å². The van der Waals surface area contributed by atoms with E-state index in [-0.39, 0.29) is 5.56 Å². The minimum Gasteiger partial charge on any atom is -0.301 e. The Morgan fingerprint density at radius 2 is 1.89 bits per heavy atom. The lowest BCUT2D eigenvalue weighted by Gasteiger charge is -2.03. The molecule has 0 aliphatic carbocycles. The maximum Gasteiger partial charge on any atom is 0.264 e. The molecule has 1 aromatic heterocycles. The molecule has 1 aromatic carbocycles. The van der Waals surface area contributed by atoms with Gasteiger partial charge in [-0.25, -0.2) is 0 Å². The summed E-state index contributed by atoms with van der Waals surface area (Å²) >= 11 is 0. The molecule has 5 heteroatoms. The number of H-pyrrole nitrogens is 2. The molecule has 1 atom stereocenters. The third-order valence-electron chi connectivity index (χ3n) is 2.94. The Morgan fingerprint density at radius 1 is 1.16 bits per heavy atom. The van der Waals surface area contributed by atoms with E-state index in [0.29, 0.717) is 11.4 Å². The average Bonchev–Trinajstić information content (AvgIpc) is 2.82. The molecule has 2 rings (SSSR count). The van der Waals surface area contributed by atoms with Gasteiger partial charge in [0.15, 0.2) is 0 Å². The van der Waals surface area contributed by atoms with Crippen LogP contribution in [0.15, 0.2) is 40.0 Å². The normalized spacial score (nSPS) is 12.5. The zero-order valence-corrected chi connectivity index (χ0v) is 11.8. The fourth-order valence-corrected chi connectivity index (χ4v) is 2.91. The Bertz CT molecular complexity index is 598. The fourth-order valence-electron chi connectivity index (χ4n) is 1.86. The SMILES string of the molecule is CCCCc1ccc(S(=O)Cc2cc(=O)[nH][nH]2)cc1. The van der Waals surface area contributed by atoms with Crippen LogP contribution in [0.1, 0.15) is 31.0 Å². The lowest BCUT2D eigenvalue weighted by atomic mass is 10.1. The van der Waals surface area contributed by atoms with Crippen molar-refractivity contribution in [2.45, 2.75) is 36.8 Å². The van der Waals surface area contributed by atoms with E-state index in [1.165, 1.54) is 24.5 Å². The third-order valence-corrected chi connectivity index (χ3v) is 4.31. The first-order valence-electron chi connectivity index (χ1n) is 6.43. The van der Waals surface area contributed by atoms with Crippen LogP contribution in [-0.2, 0) is 23.0 Å². The van der Waals surface area contributed by atoms with Gasteiger partial charge in [0.25, 0.3) is 5.56 Å². The van der Waals surface area contributed by atoms with Crippen LogP contribution in [0.2, 0.25) is 0 Å². The van der Waals surface area contributed by atoms with Gasteiger partial charge in [-0.1, -0.05) is 25.5 Å². The summed E-state index contributed by atoms with van der Waals surface area (Å²) in [5, 5.41) is 5.16. The van der Waals surface area contributed by atoms with Gasteiger partial charge in [-0.05, 0) is 30.5 Å². The summed E-state index contributed by atoms with van der Waals surface area (Å²) in [5.74, 6) is 0.326. The zero-order chi connectivity index (χ0) is 13.7. The first kappa shape index (κ1) is 13.8. The largest absolute Gasteiger partial charge is 0.301 e. The molecule has 1 unspecified atom stereocenters. The highest BCUT2D eigenvalue weighted by molar-refractivity contribution is 7.84. The molecule has 0 amide bonds. The molecule has 0 saturated carbocycles. The molecule has 0 fully saturated rings. The van der Waals surface area contributed by atoms with Gasteiger partial charge in [0, 0.05) is 16.7 Å². The molecule has 2 aromatic rings. The Labute approximate surface area is 114 Å². The van der Waals surface area contributed by atoms with Crippen molar-refractivity contribution in [1.29, 1.82) is 0 Å². The van der Waals surface area contributed by atoms with Gasteiger partial charge >= 0.3 is 0 Å². The number of aromatic nitrogens is 2. The molecule has 2 N–H and O–H groups in total. The van der Waals surface area contributed by atoms with Gasteiger partial charge in [-0.2, -0.15) is 0 Å². The molecule has 0 radical (unpaired) electrons. The second-order valence-corrected chi connectivity index (χ2v) is 5.97. The monoisotopic (exact) mass is 278 g/mol. The standard InChI is InChI=1S/C14H18N2O2S/c1-2-3-4-11-5-7-13(8-6-11)19(18)10-12-9-14(17)16-15-12/h5-9H,2-4,10H2,1H3,(H2,15,16,17). The van der Waals surface area contributed by atoms with Crippen molar-refractivity contribution < 1.29 is 4.21 Å². The van der Waals surface area contributed by atoms with Gasteiger partial charge in [-0.15, -0.1) is 0 Å². The molecule has 4 nitrogen and oxygen atoms in total. The molecule has 102 valence electrons. The van der Waals surface area contributed by atoms with Gasteiger partial charge < -0.3 is 5.10 Å². The van der Waals surface area contributed by atoms with Crippen molar-refractivity contribution in [1.82, 2.24) is 10.2 Å². The number of rotatable bonds is 6. The van der Waals surface area contributed by atoms with Crippen LogP contribution >= 0.6 is 0 Å². The second kappa shape index (κ2) is 6.52. The number of hydrogen-bond acceptors (Lipinski definition) is 2. The molecule has 0 bridgehead atoms. The predicted octanol–water partition coefficient (Wildman–Crippen LogP) is 2.35. The van der Waals surface area contributed by atoms with Crippen molar-refractivity contribution in [2.24, 2.45) is 0 Å². The summed E-state index contributed by atoms with van der Waals surface area (Å²) in [7, 11) is -1.13. The number of aryl methyl sites for hydroxylation is 1. The van der Waals surface area contributed by atoms with Crippen LogP contribution in [0.25, 0.3) is 0 Å². The van der Waals surface area contributed by atoms with Crippen molar-refractivity contribution in [3.63, 3.8) is 0 Å². The van der Waals surface area contributed by atoms with E-state index in [4.69, 9.17) is 0 Å². The minimum absolute atomic E-state index is 0.193. The number of unbranched alkanes of at least 4 members (excludes halogenated alkanes) is 1. The Kier molecular flexibility index (Phi) is 4.74. The van der Waals surface area contributed by atoms with Gasteiger partial charge in [-0.3, -0.25) is 14.1 Å². The summed E-state index contributed by atoms with van der Waals surface area (Å²) in [6, 6.07) is 9.32. The Hall–Kier alpha value is -1.62. The first-order chi connectivity index (χ1) is 9.19. The van der Waals surface area contributed by atoms with Gasteiger partial charge in [0.2, 0.25) is 0 Å². The van der Waals surface area contributed by atoms with Crippen molar-refractivity contribution in [3.05, 3.63) is 51.9 Å². The van der Waals surface area contributed by atoms with E-state index in [1.807, 2.05) is 24.3 Å². The van der Waals surface area contributed by atoms with E-state index in [2.05, 4.69) is 17.1 Å². The first-order valence-corrected chi connectivity index (χ1v) is 7.75. The predicted molar refractivity (Wildman–Crippen MR) is 76.6 cm³/mol. The maximum absolute atomic E-state index is 12.1. The van der Waals surface area contributed by atoms with Crippen molar-refractivity contribution >= 4 is 10.8 Å². The van der Waals surface area contributed by atoms with E-state index in [0.717, 1.165) is 11.3 Å². The summed E-state index contributed by atoms with van der Waals surface area (Å²) in [6.07, 6.45) is 3.41. The Morgan fingerprint density at radius 3 is 2.47 bits per heavy atom. The number of nitrogens with one attached hydrogen (secondary N) is 2. The lowest BCUT2D eigenvalue weighted by Crippen LogP contribution is -1.97. The van der Waals surface area contributed by atoms with E-state index in [9.17, 15) is 9.00 Å². The lowest BCUT2D eigenvalue weighted by molar-refractivity contribution is 0.682. The molecular weight excluding hydrogens is 260 g/mol. The molecule has 1 heterocycles. The summed E-state index contributed by atoms with van der Waals surface area (Å²) in [5.41, 5.74) is 1.75. The highest BCUT2D eigenvalue weighted by atomic mass is 32.2. The number of hydrogen-bond donors (Lipinski definition) is 2. The molecule has 0 spiro atoms. The quantitative estimate of drug-likeness (QED) is 0.852. The highest BCUT2D eigenvalue weighted by Gasteiger charge is 2.07. The van der Waals surface area contributed by atoms with Crippen LogP contribution in [0.4, 0.5) is 0 Å². The van der Waals surface area contributed by atoms with E-state index < -0.39 is 10.8 Å². The van der Waals surface area contributed by atoms with Crippen LogP contribution in [0, 0.1) is 0 Å². The zero-order valence-electron chi connectivity index (χ0n) is 10.9. The van der Waals surface area contributed by atoms with Crippen LogP contribution in [0.3, 0.4) is 0 Å². The highest BCUT2D eigenvalue weighted by Crippen LogP contribution is 2.13. The summed E-state index contributed by atoms with van der Waals surface area (Å²) in [4.78, 5) is 11.8. The molecule has 0 aliphatic heterocycles. The molecule has 0 saturated heterocycles. The van der Waals surface area contributed by atoms with E-state index in [1.54, 1.807) is 0 Å². The van der Waals surface area contributed by atoms with Crippen LogP contribution in [-0.4, -0.2) is 14.4 Å². The average molecular weight is 278 g/mol. The third kappa shape index (κ3) is 3.92. The number of benzene rings is 1. The molecule has 19 heavy (non-hydrogen) atoms. The fraction of sp³-hybridized carbons (Fsp3) is 0.357. The number of aromatic amines is 2. The van der Waals surface area contributed by atoms with Crippen molar-refractivity contribution in [3.8, 4) is 0 Å². The minimum atomic E-state index is -1.13. The Balaban J connectivity index is 2.01. The molecule has 0 aliphatic rings. The van der Waals surface area contributed by atoms with Crippen LogP contribution in [0.5, 0.6) is 0 Å². The van der Waals surface area contributed by atoms with Gasteiger partial charge in [0.1, 0.15) is 0 Å². The smallest absolute Gasteiger partial charge is 0.264 e. The van der Waals surface area contributed by atoms with Crippen LogP contribution < -0.4 is 5.56 Å². The maximum atomic E-state index is 12.1. The van der Waals surface area contributed by atoms with Gasteiger partial charge in [0.05, 0.1) is 16.6 Å². The molecular formula is C14H18N2O2S. The summed E-state index contributed by atoms with van der Waals surface area (Å²) < 4.78 is 12.1. The van der Waals surface area contributed by atoms with Crippen molar-refractivity contribution in [2.75, 3.05) is 0 Å². The summed E-state index contributed by atoms with van der Waals surface area (Å²) in [6.45, 7) is 2.17. The second-order valence-electron chi connectivity index (χ2n) is 4.52. The topological polar surface area (TPSA) is 65.7 Å².